The maximum atomic E-state index is 13.8. The maximum Gasteiger partial charge on any atom is 0.231 e. The summed E-state index contributed by atoms with van der Waals surface area (Å²) in [6, 6.07) is 8.01. The van der Waals surface area contributed by atoms with E-state index in [1.165, 1.54) is 24.1 Å². The first-order valence-corrected chi connectivity index (χ1v) is 12.4. The normalized spacial score (nSPS) is 24.3. The number of fused-ring (bicyclic) bond motifs is 1. The lowest BCUT2D eigenvalue weighted by atomic mass is 9.85. The molecule has 5 rings (SSSR count). The molecule has 1 aromatic heterocycles. The number of piperidine rings is 1. The van der Waals surface area contributed by atoms with Crippen LogP contribution in [-0.2, 0) is 11.2 Å². The van der Waals surface area contributed by atoms with E-state index in [1.807, 2.05) is 24.3 Å². The molecule has 3 aliphatic rings. The van der Waals surface area contributed by atoms with Crippen molar-refractivity contribution in [1.29, 1.82) is 0 Å². The van der Waals surface area contributed by atoms with E-state index in [1.54, 1.807) is 6.33 Å². The number of nitrogens with zero attached hydrogens (tertiary/aromatic N) is 4. The van der Waals surface area contributed by atoms with Crippen LogP contribution in [0.1, 0.15) is 61.3 Å². The van der Waals surface area contributed by atoms with Crippen LogP contribution in [0, 0.1) is 0 Å². The fourth-order valence-corrected chi connectivity index (χ4v) is 5.72. The topological polar surface area (TPSA) is 61.4 Å². The maximum absolute atomic E-state index is 13.8. The van der Waals surface area contributed by atoms with Gasteiger partial charge in [-0.25, -0.2) is 9.97 Å². The lowest BCUT2D eigenvalue weighted by molar-refractivity contribution is -0.134. The Morgan fingerprint density at radius 1 is 1.09 bits per heavy atom. The van der Waals surface area contributed by atoms with E-state index in [0.29, 0.717) is 10.9 Å². The van der Waals surface area contributed by atoms with Gasteiger partial charge in [0.15, 0.2) is 0 Å². The zero-order valence-electron chi connectivity index (χ0n) is 18.8. The number of carbonyl (C=O) groups excluding carboxylic acids is 1. The molecule has 2 aromatic rings. The molecule has 1 amide bonds. The lowest BCUT2D eigenvalue weighted by Crippen LogP contribution is -2.53. The number of benzene rings is 1. The van der Waals surface area contributed by atoms with Crippen LogP contribution < -0.4 is 10.2 Å². The van der Waals surface area contributed by atoms with Crippen molar-refractivity contribution in [1.82, 2.24) is 20.2 Å². The van der Waals surface area contributed by atoms with Gasteiger partial charge >= 0.3 is 0 Å². The highest BCUT2D eigenvalue weighted by Gasteiger charge is 2.36. The summed E-state index contributed by atoms with van der Waals surface area (Å²) in [5.41, 5.74) is 3.58. The van der Waals surface area contributed by atoms with Gasteiger partial charge in [0.05, 0.1) is 5.92 Å². The lowest BCUT2D eigenvalue weighted by Gasteiger charge is -2.40. The first-order valence-electron chi connectivity index (χ1n) is 12.0. The Balaban J connectivity index is 1.32. The van der Waals surface area contributed by atoms with Gasteiger partial charge in [-0.05, 0) is 55.8 Å². The minimum absolute atomic E-state index is 0.164. The number of hydrogen-bond acceptors (Lipinski definition) is 5. The molecule has 6 nitrogen and oxygen atoms in total. The zero-order valence-corrected chi connectivity index (χ0v) is 19.5. The number of piperazine rings is 1. The van der Waals surface area contributed by atoms with Gasteiger partial charge in [0.2, 0.25) is 5.91 Å². The molecule has 32 heavy (non-hydrogen) atoms. The Labute approximate surface area is 195 Å². The first kappa shape index (κ1) is 21.7. The molecular weight excluding hydrogens is 422 g/mol. The second kappa shape index (κ2) is 9.36. The van der Waals surface area contributed by atoms with Crippen molar-refractivity contribution in [3.63, 3.8) is 0 Å². The third-order valence-electron chi connectivity index (χ3n) is 7.39. The highest BCUT2D eigenvalue weighted by Crippen LogP contribution is 2.37. The molecule has 0 radical (unpaired) electrons. The van der Waals surface area contributed by atoms with Crippen LogP contribution in [-0.4, -0.2) is 59.5 Å². The average molecular weight is 454 g/mol. The van der Waals surface area contributed by atoms with Crippen LogP contribution in [0.2, 0.25) is 5.02 Å². The highest BCUT2D eigenvalue weighted by atomic mass is 35.5. The number of carbonyl (C=O) groups is 1. The molecule has 2 saturated heterocycles. The Kier molecular flexibility index (Phi) is 6.33. The summed E-state index contributed by atoms with van der Waals surface area (Å²) in [6.45, 7) is 6.32. The molecule has 170 valence electrons. The summed E-state index contributed by atoms with van der Waals surface area (Å²) < 4.78 is 0. The largest absolute Gasteiger partial charge is 0.353 e. The van der Waals surface area contributed by atoms with Crippen LogP contribution in [0.4, 0.5) is 5.82 Å². The van der Waals surface area contributed by atoms with E-state index in [9.17, 15) is 4.79 Å². The Morgan fingerprint density at radius 2 is 1.88 bits per heavy atom. The van der Waals surface area contributed by atoms with Crippen LogP contribution >= 0.6 is 11.6 Å². The molecular formula is C25H32ClN5O. The van der Waals surface area contributed by atoms with E-state index in [2.05, 4.69) is 32.0 Å². The van der Waals surface area contributed by atoms with E-state index < -0.39 is 0 Å². The van der Waals surface area contributed by atoms with Gasteiger partial charge in [0.25, 0.3) is 0 Å². The van der Waals surface area contributed by atoms with Crippen LogP contribution in [0.25, 0.3) is 0 Å². The summed E-state index contributed by atoms with van der Waals surface area (Å²) in [7, 11) is 0. The molecule has 0 saturated carbocycles. The molecule has 3 atom stereocenters. The van der Waals surface area contributed by atoms with Gasteiger partial charge in [-0.2, -0.15) is 0 Å². The van der Waals surface area contributed by atoms with Crippen molar-refractivity contribution in [3.05, 3.63) is 52.4 Å². The number of aryl methyl sites for hydroxylation is 1. The summed E-state index contributed by atoms with van der Waals surface area (Å²) in [4.78, 5) is 27.3. The van der Waals surface area contributed by atoms with Crippen molar-refractivity contribution in [2.75, 3.05) is 37.6 Å². The molecule has 3 heterocycles. The van der Waals surface area contributed by atoms with Crippen molar-refractivity contribution >= 4 is 23.3 Å². The summed E-state index contributed by atoms with van der Waals surface area (Å²) in [5.74, 6) is 1.65. The Bertz CT molecular complexity index is 951. The van der Waals surface area contributed by atoms with Crippen molar-refractivity contribution in [2.24, 2.45) is 0 Å². The Morgan fingerprint density at radius 3 is 2.59 bits per heavy atom. The number of rotatable bonds is 4. The standard InChI is InChI=1S/C25H32ClN5O/c1-17-5-10-21-22(17)24(29-16-28-21)30-12-14-31(15-13-30)25(32)23(20-4-2-3-11-27-20)18-6-8-19(26)9-7-18/h6-9,16-17,20,23,27H,2-5,10-15H2,1H3. The third kappa shape index (κ3) is 4.23. The van der Waals surface area contributed by atoms with Gasteiger partial charge in [-0.3, -0.25) is 4.79 Å². The summed E-state index contributed by atoms with van der Waals surface area (Å²) >= 11 is 6.13. The zero-order chi connectivity index (χ0) is 22.1. The molecule has 7 heteroatoms. The average Bonchev–Trinajstić information content (AvgIpc) is 3.22. The molecule has 1 N–H and O–H groups in total. The second-order valence-electron chi connectivity index (χ2n) is 9.40. The van der Waals surface area contributed by atoms with Gasteiger partial charge < -0.3 is 15.1 Å². The van der Waals surface area contributed by atoms with Crippen LogP contribution in [0.5, 0.6) is 0 Å². The number of aromatic nitrogens is 2. The minimum Gasteiger partial charge on any atom is -0.353 e. The summed E-state index contributed by atoms with van der Waals surface area (Å²) in [6.07, 6.45) is 7.27. The van der Waals surface area contributed by atoms with Gasteiger partial charge in [-0.15, -0.1) is 0 Å². The molecule has 2 fully saturated rings. The quantitative estimate of drug-likeness (QED) is 0.763. The number of halogens is 1. The third-order valence-corrected chi connectivity index (χ3v) is 7.64. The molecule has 0 spiro atoms. The smallest absolute Gasteiger partial charge is 0.231 e. The molecule has 1 aromatic carbocycles. The van der Waals surface area contributed by atoms with Crippen LogP contribution in [0.15, 0.2) is 30.6 Å². The monoisotopic (exact) mass is 453 g/mol. The number of anilines is 1. The minimum atomic E-state index is -0.164. The van der Waals surface area contributed by atoms with Gasteiger partial charge in [0, 0.05) is 48.5 Å². The first-order chi connectivity index (χ1) is 15.6. The van der Waals surface area contributed by atoms with Gasteiger partial charge in [0.1, 0.15) is 12.1 Å². The summed E-state index contributed by atoms with van der Waals surface area (Å²) in [5, 5.41) is 4.32. The fraction of sp³-hybridized carbons (Fsp3) is 0.560. The second-order valence-corrected chi connectivity index (χ2v) is 9.83. The number of amides is 1. The number of nitrogens with one attached hydrogen (secondary N) is 1. The van der Waals surface area contributed by atoms with E-state index in [-0.39, 0.29) is 17.9 Å². The van der Waals surface area contributed by atoms with Crippen molar-refractivity contribution in [2.45, 2.75) is 56.9 Å². The molecule has 0 bridgehead atoms. The van der Waals surface area contributed by atoms with E-state index in [0.717, 1.165) is 63.4 Å². The fourth-order valence-electron chi connectivity index (χ4n) is 5.59. The SMILES string of the molecule is CC1CCc2ncnc(N3CCN(C(=O)C(c4ccc(Cl)cc4)C4CCCCN4)CC3)c21. The molecule has 1 aliphatic carbocycles. The predicted octanol–water partition coefficient (Wildman–Crippen LogP) is 3.75. The molecule has 3 unspecified atom stereocenters. The predicted molar refractivity (Wildman–Crippen MR) is 127 cm³/mol. The number of hydrogen-bond donors (Lipinski definition) is 1. The van der Waals surface area contributed by atoms with E-state index >= 15 is 0 Å². The van der Waals surface area contributed by atoms with Crippen molar-refractivity contribution in [3.8, 4) is 0 Å². The van der Waals surface area contributed by atoms with E-state index in [4.69, 9.17) is 11.6 Å². The van der Waals surface area contributed by atoms with Gasteiger partial charge in [-0.1, -0.05) is 37.1 Å². The Hall–Kier alpha value is -2.18. The van der Waals surface area contributed by atoms with Crippen molar-refractivity contribution < 1.29 is 4.79 Å². The molecule has 2 aliphatic heterocycles. The highest BCUT2D eigenvalue weighted by molar-refractivity contribution is 6.30. The van der Waals surface area contributed by atoms with Crippen LogP contribution in [0.3, 0.4) is 0 Å².